The number of esters is 2. The fourth-order valence-electron chi connectivity index (χ4n) is 2.95. The minimum Gasteiger partial charge on any atom is -0.493 e. The molecule has 10 nitrogen and oxygen atoms in total. The zero-order chi connectivity index (χ0) is 24.5. The van der Waals surface area contributed by atoms with Crippen LogP contribution in [0.15, 0.2) is 18.2 Å². The predicted octanol–water partition coefficient (Wildman–Crippen LogP) is 2.46. The number of amides is 2. The molecule has 0 bridgehead atoms. The number of rotatable bonds is 11. The van der Waals surface area contributed by atoms with Crippen LogP contribution in [0.3, 0.4) is 0 Å². The topological polar surface area (TPSA) is 143 Å². The van der Waals surface area contributed by atoms with Crippen molar-refractivity contribution >= 4 is 40.1 Å². The molecule has 2 aromatic rings. The third-order valence-electron chi connectivity index (χ3n) is 4.40. The summed E-state index contributed by atoms with van der Waals surface area (Å²) in [6, 6.07) is 4.17. The van der Waals surface area contributed by atoms with Crippen LogP contribution in [0.4, 0.5) is 5.00 Å². The normalized spacial score (nSPS) is 10.3. The number of nitrogens with two attached hydrogens (primary N) is 1. The Balaban J connectivity index is 2.06. The Bertz CT molecular complexity index is 1050. The van der Waals surface area contributed by atoms with E-state index in [1.54, 1.807) is 6.92 Å². The lowest BCUT2D eigenvalue weighted by atomic mass is 10.1. The second-order valence-corrected chi connectivity index (χ2v) is 7.88. The van der Waals surface area contributed by atoms with Gasteiger partial charge in [-0.05, 0) is 44.0 Å². The van der Waals surface area contributed by atoms with Crippen LogP contribution in [-0.4, -0.2) is 50.7 Å². The van der Waals surface area contributed by atoms with Crippen LogP contribution in [0.1, 0.15) is 45.0 Å². The number of hydrogen-bond donors (Lipinski definition) is 2. The van der Waals surface area contributed by atoms with Crippen molar-refractivity contribution in [3.63, 3.8) is 0 Å². The highest BCUT2D eigenvalue weighted by Crippen LogP contribution is 2.34. The number of hydrogen-bond acceptors (Lipinski definition) is 9. The number of methoxy groups -OCH3 is 1. The maximum Gasteiger partial charge on any atom is 0.341 e. The van der Waals surface area contributed by atoms with E-state index in [2.05, 4.69) is 5.32 Å². The number of ether oxygens (including phenoxy) is 4. The van der Waals surface area contributed by atoms with Gasteiger partial charge in [0.15, 0.2) is 24.7 Å². The lowest BCUT2D eigenvalue weighted by Crippen LogP contribution is -2.22. The summed E-state index contributed by atoms with van der Waals surface area (Å²) in [4.78, 5) is 48.9. The maximum atomic E-state index is 12.4. The van der Waals surface area contributed by atoms with Gasteiger partial charge in [0.05, 0.1) is 24.8 Å². The molecule has 2 rings (SSSR count). The van der Waals surface area contributed by atoms with Crippen molar-refractivity contribution in [3.05, 3.63) is 39.8 Å². The number of thiophene rings is 1. The van der Waals surface area contributed by atoms with E-state index >= 15 is 0 Å². The summed E-state index contributed by atoms with van der Waals surface area (Å²) < 4.78 is 20.5. The van der Waals surface area contributed by atoms with Crippen LogP contribution in [0.2, 0.25) is 0 Å². The van der Waals surface area contributed by atoms with Crippen molar-refractivity contribution in [1.29, 1.82) is 0 Å². The second kappa shape index (κ2) is 11.9. The van der Waals surface area contributed by atoms with Gasteiger partial charge in [0, 0.05) is 4.88 Å². The lowest BCUT2D eigenvalue weighted by Gasteiger charge is -2.11. The number of benzene rings is 1. The van der Waals surface area contributed by atoms with Gasteiger partial charge in [-0.15, -0.1) is 11.3 Å². The fraction of sp³-hybridized carbons (Fsp3) is 0.364. The van der Waals surface area contributed by atoms with Crippen LogP contribution in [-0.2, 0) is 25.5 Å². The second-order valence-electron chi connectivity index (χ2n) is 6.66. The molecule has 0 saturated heterocycles. The van der Waals surface area contributed by atoms with E-state index < -0.39 is 30.4 Å². The van der Waals surface area contributed by atoms with E-state index in [0.717, 1.165) is 10.4 Å². The summed E-state index contributed by atoms with van der Waals surface area (Å²) >= 11 is 1.26. The minimum atomic E-state index is -0.771. The van der Waals surface area contributed by atoms with Crippen molar-refractivity contribution in [2.75, 3.05) is 32.2 Å². The highest BCUT2D eigenvalue weighted by molar-refractivity contribution is 7.16. The zero-order valence-corrected chi connectivity index (χ0v) is 19.6. The molecule has 1 aromatic heterocycles. The number of carbonyl (C=O) groups is 4. The molecular weight excluding hydrogens is 452 g/mol. The average Bonchev–Trinajstić information content (AvgIpc) is 3.10. The van der Waals surface area contributed by atoms with Gasteiger partial charge >= 0.3 is 11.9 Å². The monoisotopic (exact) mass is 478 g/mol. The predicted molar refractivity (Wildman–Crippen MR) is 121 cm³/mol. The van der Waals surface area contributed by atoms with Crippen LogP contribution >= 0.6 is 11.3 Å². The minimum absolute atomic E-state index is 0.110. The number of carbonyl (C=O) groups excluding carboxylic acids is 4. The molecule has 0 spiro atoms. The summed E-state index contributed by atoms with van der Waals surface area (Å²) in [5.74, 6) is -2.15. The summed E-state index contributed by atoms with van der Waals surface area (Å²) in [5, 5.41) is 2.97. The zero-order valence-electron chi connectivity index (χ0n) is 18.8. The van der Waals surface area contributed by atoms with Crippen molar-refractivity contribution < 1.29 is 38.1 Å². The highest BCUT2D eigenvalue weighted by atomic mass is 32.1. The number of anilines is 1. The summed E-state index contributed by atoms with van der Waals surface area (Å²) in [6.07, 6.45) is 0.600. The van der Waals surface area contributed by atoms with E-state index in [4.69, 9.17) is 24.7 Å². The van der Waals surface area contributed by atoms with Gasteiger partial charge in [0.1, 0.15) is 5.00 Å². The Morgan fingerprint density at radius 1 is 1.03 bits per heavy atom. The van der Waals surface area contributed by atoms with Crippen LogP contribution in [0, 0.1) is 6.92 Å². The quantitative estimate of drug-likeness (QED) is 0.469. The molecule has 2 amide bonds. The molecular formula is C22H26N2O8S. The first-order chi connectivity index (χ1) is 15.7. The molecule has 3 N–H and O–H groups in total. The number of primary amides is 1. The molecule has 1 aromatic carbocycles. The van der Waals surface area contributed by atoms with Gasteiger partial charge in [-0.2, -0.15) is 0 Å². The van der Waals surface area contributed by atoms with Crippen LogP contribution in [0.5, 0.6) is 11.5 Å². The molecule has 0 unspecified atom stereocenters. The third-order valence-corrected chi connectivity index (χ3v) is 5.46. The number of nitrogens with one attached hydrogen (secondary N) is 1. The van der Waals surface area contributed by atoms with Crippen molar-refractivity contribution in [1.82, 2.24) is 0 Å². The molecule has 0 radical (unpaired) electrons. The van der Waals surface area contributed by atoms with Gasteiger partial charge in [0.25, 0.3) is 11.8 Å². The third kappa shape index (κ3) is 6.69. The summed E-state index contributed by atoms with van der Waals surface area (Å²) in [6.45, 7) is 4.75. The molecule has 0 aliphatic heterocycles. The van der Waals surface area contributed by atoms with Gasteiger partial charge in [0.2, 0.25) is 0 Å². The van der Waals surface area contributed by atoms with Gasteiger partial charge in [-0.25, -0.2) is 9.59 Å². The summed E-state index contributed by atoms with van der Waals surface area (Å²) in [7, 11) is 1.36. The first kappa shape index (κ1) is 25.7. The van der Waals surface area contributed by atoms with E-state index in [9.17, 15) is 19.2 Å². The Labute approximate surface area is 194 Å². The molecule has 0 aliphatic rings. The summed E-state index contributed by atoms with van der Waals surface area (Å²) in [5.41, 5.74) is 6.28. The maximum absolute atomic E-state index is 12.4. The molecule has 0 saturated carbocycles. The van der Waals surface area contributed by atoms with E-state index in [-0.39, 0.29) is 30.3 Å². The first-order valence-electron chi connectivity index (χ1n) is 10.1. The van der Waals surface area contributed by atoms with Crippen molar-refractivity contribution in [2.24, 2.45) is 5.73 Å². The molecule has 1 heterocycles. The average molecular weight is 479 g/mol. The smallest absolute Gasteiger partial charge is 0.341 e. The number of aryl methyl sites for hydroxylation is 1. The van der Waals surface area contributed by atoms with Crippen LogP contribution in [0.25, 0.3) is 0 Å². The molecule has 0 atom stereocenters. The van der Waals surface area contributed by atoms with E-state index in [1.165, 1.54) is 36.6 Å². The standard InChI is InChI=1S/C22H26N2O8S/c1-5-14-12(3)33-20(19(14)22(28)30-6-2)24-18(26)11-32-21(27)13-7-8-15(16(9-13)29-4)31-10-17(23)25/h7-9H,5-6,10-11H2,1-4H3,(H2,23,25)(H,24,26). The van der Waals surface area contributed by atoms with Crippen molar-refractivity contribution in [2.45, 2.75) is 27.2 Å². The molecule has 11 heteroatoms. The van der Waals surface area contributed by atoms with E-state index in [1.807, 2.05) is 13.8 Å². The molecule has 178 valence electrons. The van der Waals surface area contributed by atoms with Gasteiger partial charge < -0.3 is 30.0 Å². The Hall–Kier alpha value is -3.60. The SMILES string of the molecule is CCOC(=O)c1c(NC(=O)COC(=O)c2ccc(OCC(N)=O)c(OC)c2)sc(C)c1CC. The Kier molecular flexibility index (Phi) is 9.22. The largest absolute Gasteiger partial charge is 0.493 e. The molecule has 0 fully saturated rings. The molecule has 0 aliphatic carbocycles. The lowest BCUT2D eigenvalue weighted by molar-refractivity contribution is -0.120. The Morgan fingerprint density at radius 2 is 1.76 bits per heavy atom. The molecule has 33 heavy (non-hydrogen) atoms. The van der Waals surface area contributed by atoms with Crippen LogP contribution < -0.4 is 20.5 Å². The fourth-order valence-corrected chi connectivity index (χ4v) is 4.10. The van der Waals surface area contributed by atoms with E-state index in [0.29, 0.717) is 17.0 Å². The van der Waals surface area contributed by atoms with Gasteiger partial charge in [-0.1, -0.05) is 6.92 Å². The van der Waals surface area contributed by atoms with Gasteiger partial charge in [-0.3, -0.25) is 9.59 Å². The van der Waals surface area contributed by atoms with Crippen molar-refractivity contribution in [3.8, 4) is 11.5 Å². The Morgan fingerprint density at radius 3 is 2.36 bits per heavy atom. The highest BCUT2D eigenvalue weighted by Gasteiger charge is 2.24. The first-order valence-corrected chi connectivity index (χ1v) is 10.9.